The average Bonchev–Trinajstić information content (AvgIpc) is 3.03. The molecule has 0 aliphatic heterocycles. The van der Waals surface area contributed by atoms with Crippen LogP contribution in [0.25, 0.3) is 22.3 Å². The van der Waals surface area contributed by atoms with Gasteiger partial charge in [-0.2, -0.15) is 0 Å². The van der Waals surface area contributed by atoms with Gasteiger partial charge >= 0.3 is 0 Å². The van der Waals surface area contributed by atoms with Crippen LogP contribution in [0.15, 0.2) is 30.6 Å². The van der Waals surface area contributed by atoms with E-state index in [4.69, 9.17) is 0 Å². The zero-order valence-electron chi connectivity index (χ0n) is 13.7. The summed E-state index contributed by atoms with van der Waals surface area (Å²) in [7, 11) is 1.54. The minimum Gasteiger partial charge on any atom is -0.360 e. The van der Waals surface area contributed by atoms with Crippen molar-refractivity contribution < 1.29 is 9.18 Å². The number of hydrogen-bond donors (Lipinski definition) is 3. The van der Waals surface area contributed by atoms with Crippen molar-refractivity contribution in [2.75, 3.05) is 12.4 Å². The topological polar surface area (TPSA) is 82.7 Å². The molecule has 1 atom stereocenters. The molecule has 1 aromatic carbocycles. The third-order valence-electron chi connectivity index (χ3n) is 3.91. The van der Waals surface area contributed by atoms with Gasteiger partial charge in [-0.3, -0.25) is 4.79 Å². The van der Waals surface area contributed by atoms with Gasteiger partial charge in [-0.15, -0.1) is 0 Å². The van der Waals surface area contributed by atoms with E-state index in [-0.39, 0.29) is 11.7 Å². The molecular weight excluding hydrogens is 436 g/mol. The highest BCUT2D eigenvalue weighted by Gasteiger charge is 2.19. The number of benzene rings is 1. The molecule has 2 heterocycles. The maximum absolute atomic E-state index is 14.1. The number of anilines is 1. The number of nitrogens with zero attached hydrogens (tertiary/aromatic N) is 2. The summed E-state index contributed by atoms with van der Waals surface area (Å²) in [6.07, 6.45) is 3.42. The van der Waals surface area contributed by atoms with Gasteiger partial charge in [0.1, 0.15) is 6.04 Å². The van der Waals surface area contributed by atoms with Crippen molar-refractivity contribution in [3.8, 4) is 11.4 Å². The molecule has 2 aromatic heterocycles. The number of carbonyl (C=O) groups is 1. The van der Waals surface area contributed by atoms with Crippen LogP contribution in [0.2, 0.25) is 0 Å². The molecule has 0 unspecified atom stereocenters. The van der Waals surface area contributed by atoms with Crippen LogP contribution in [0.4, 0.5) is 10.2 Å². The highest BCUT2D eigenvalue weighted by molar-refractivity contribution is 14.1. The summed E-state index contributed by atoms with van der Waals surface area (Å²) in [5.74, 6) is -0.409. The highest BCUT2D eigenvalue weighted by Crippen LogP contribution is 2.28. The highest BCUT2D eigenvalue weighted by atomic mass is 127. The van der Waals surface area contributed by atoms with Crippen LogP contribution in [0.1, 0.15) is 13.3 Å². The van der Waals surface area contributed by atoms with E-state index >= 15 is 0 Å². The third kappa shape index (κ3) is 3.58. The molecule has 0 aliphatic carbocycles. The summed E-state index contributed by atoms with van der Waals surface area (Å²) in [6.45, 7) is 1.84. The van der Waals surface area contributed by atoms with E-state index in [1.807, 2.05) is 25.1 Å². The molecule has 0 fully saturated rings. The molecule has 0 aliphatic rings. The Morgan fingerprint density at radius 2 is 2.24 bits per heavy atom. The maximum atomic E-state index is 14.1. The molecular formula is C17H17FIN5O. The maximum Gasteiger partial charge on any atom is 0.242 e. The summed E-state index contributed by atoms with van der Waals surface area (Å²) in [5, 5.41) is 6.38. The number of halogens is 2. The second-order valence-corrected chi connectivity index (χ2v) is 6.75. The van der Waals surface area contributed by atoms with Gasteiger partial charge in [0, 0.05) is 33.3 Å². The molecule has 0 saturated carbocycles. The van der Waals surface area contributed by atoms with Gasteiger partial charge < -0.3 is 15.6 Å². The van der Waals surface area contributed by atoms with E-state index in [1.165, 1.54) is 0 Å². The molecule has 3 rings (SSSR count). The van der Waals surface area contributed by atoms with E-state index in [9.17, 15) is 9.18 Å². The van der Waals surface area contributed by atoms with E-state index in [1.54, 1.807) is 13.2 Å². The molecule has 25 heavy (non-hydrogen) atoms. The predicted molar refractivity (Wildman–Crippen MR) is 104 cm³/mol. The van der Waals surface area contributed by atoms with Crippen molar-refractivity contribution in [1.82, 2.24) is 20.3 Å². The lowest BCUT2D eigenvalue weighted by Crippen LogP contribution is -2.37. The van der Waals surface area contributed by atoms with Gasteiger partial charge in [0.15, 0.2) is 17.5 Å². The van der Waals surface area contributed by atoms with Crippen molar-refractivity contribution in [1.29, 1.82) is 0 Å². The first-order valence-electron chi connectivity index (χ1n) is 7.81. The third-order valence-corrected chi connectivity index (χ3v) is 4.58. The summed E-state index contributed by atoms with van der Waals surface area (Å²) in [4.78, 5) is 23.4. The van der Waals surface area contributed by atoms with E-state index in [0.717, 1.165) is 26.2 Å². The molecule has 8 heteroatoms. The average molecular weight is 453 g/mol. The number of nitrogens with one attached hydrogen (secondary N) is 3. The number of amides is 1. The summed E-state index contributed by atoms with van der Waals surface area (Å²) >= 11 is 2.23. The monoisotopic (exact) mass is 453 g/mol. The largest absolute Gasteiger partial charge is 0.360 e. The first kappa shape index (κ1) is 17.6. The molecule has 0 bridgehead atoms. The predicted octanol–water partition coefficient (Wildman–Crippen LogP) is 3.31. The lowest BCUT2D eigenvalue weighted by atomic mass is 10.1. The standard InChI is InChI=1S/C17H17FIN5O/c1-3-13(17(25)20-2)23-16-12(18)8-22-15(24-16)11-7-21-14-5-4-9(19)6-10(11)14/h4-8,13,21H,3H2,1-2H3,(H,20,25)(H,22,23,24)/t13-/m0/s1. The van der Waals surface area contributed by atoms with Crippen molar-refractivity contribution in [3.05, 3.63) is 40.0 Å². The second-order valence-electron chi connectivity index (χ2n) is 5.50. The Hall–Kier alpha value is -2.23. The molecule has 0 spiro atoms. The Labute approximate surface area is 157 Å². The zero-order valence-corrected chi connectivity index (χ0v) is 15.9. The number of likely N-dealkylation sites (N-methyl/N-ethyl adjacent to an activating group) is 1. The smallest absolute Gasteiger partial charge is 0.242 e. The van der Waals surface area contributed by atoms with Crippen LogP contribution in [-0.2, 0) is 4.79 Å². The fourth-order valence-corrected chi connectivity index (χ4v) is 3.06. The quantitative estimate of drug-likeness (QED) is 0.518. The molecule has 3 aromatic rings. The normalized spacial score (nSPS) is 12.2. The van der Waals surface area contributed by atoms with Gasteiger partial charge in [-0.25, -0.2) is 14.4 Å². The van der Waals surface area contributed by atoms with Crippen LogP contribution < -0.4 is 10.6 Å². The summed E-state index contributed by atoms with van der Waals surface area (Å²) in [6, 6.07) is 5.42. The second kappa shape index (κ2) is 7.34. The fraction of sp³-hybridized carbons (Fsp3) is 0.235. The Kier molecular flexibility index (Phi) is 5.16. The number of hydrogen-bond acceptors (Lipinski definition) is 4. The zero-order chi connectivity index (χ0) is 18.0. The number of H-pyrrole nitrogens is 1. The first-order chi connectivity index (χ1) is 12.0. The van der Waals surface area contributed by atoms with E-state index in [0.29, 0.717) is 12.2 Å². The van der Waals surface area contributed by atoms with Crippen LogP contribution in [-0.4, -0.2) is 33.9 Å². The number of fused-ring (bicyclic) bond motifs is 1. The van der Waals surface area contributed by atoms with Crippen molar-refractivity contribution >= 4 is 45.2 Å². The van der Waals surface area contributed by atoms with E-state index < -0.39 is 11.9 Å². The Bertz CT molecular complexity index is 927. The van der Waals surface area contributed by atoms with Gasteiger partial charge in [0.2, 0.25) is 5.91 Å². The Morgan fingerprint density at radius 1 is 1.44 bits per heavy atom. The Morgan fingerprint density at radius 3 is 2.96 bits per heavy atom. The van der Waals surface area contributed by atoms with Gasteiger partial charge in [0.05, 0.1) is 6.20 Å². The van der Waals surface area contributed by atoms with Crippen LogP contribution in [0.3, 0.4) is 0 Å². The SMILES string of the molecule is CC[C@H](Nc1nc(-c2c[nH]c3ccc(I)cc23)ncc1F)C(=O)NC. The molecule has 3 N–H and O–H groups in total. The van der Waals surface area contributed by atoms with Gasteiger partial charge in [-0.1, -0.05) is 6.92 Å². The fourth-order valence-electron chi connectivity index (χ4n) is 2.57. The summed E-state index contributed by atoms with van der Waals surface area (Å²) < 4.78 is 15.2. The van der Waals surface area contributed by atoms with Gasteiger partial charge in [-0.05, 0) is 47.2 Å². The first-order valence-corrected chi connectivity index (χ1v) is 8.89. The molecule has 1 amide bonds. The lowest BCUT2D eigenvalue weighted by molar-refractivity contribution is -0.121. The number of carbonyl (C=O) groups excluding carboxylic acids is 1. The number of rotatable bonds is 5. The van der Waals surface area contributed by atoms with Crippen LogP contribution >= 0.6 is 22.6 Å². The minimum atomic E-state index is -0.597. The van der Waals surface area contributed by atoms with Crippen molar-refractivity contribution in [3.63, 3.8) is 0 Å². The van der Waals surface area contributed by atoms with Gasteiger partial charge in [0.25, 0.3) is 0 Å². The lowest BCUT2D eigenvalue weighted by Gasteiger charge is -2.16. The minimum absolute atomic E-state index is 0.0143. The van der Waals surface area contributed by atoms with Crippen molar-refractivity contribution in [2.45, 2.75) is 19.4 Å². The summed E-state index contributed by atoms with van der Waals surface area (Å²) in [5.41, 5.74) is 1.74. The molecule has 130 valence electrons. The molecule has 0 radical (unpaired) electrons. The van der Waals surface area contributed by atoms with Crippen LogP contribution in [0, 0.1) is 9.39 Å². The van der Waals surface area contributed by atoms with Crippen LogP contribution in [0.5, 0.6) is 0 Å². The number of aromatic nitrogens is 3. The molecule has 0 saturated heterocycles. The van der Waals surface area contributed by atoms with Crippen molar-refractivity contribution in [2.24, 2.45) is 0 Å². The number of aromatic amines is 1. The van der Waals surface area contributed by atoms with E-state index in [2.05, 4.69) is 48.2 Å². The molecule has 6 nitrogen and oxygen atoms in total. The Balaban J connectivity index is 2.01.